The van der Waals surface area contributed by atoms with E-state index in [1.807, 2.05) is 32.0 Å². The van der Waals surface area contributed by atoms with E-state index in [0.29, 0.717) is 24.2 Å². The van der Waals surface area contributed by atoms with Gasteiger partial charge in [0.15, 0.2) is 0 Å². The van der Waals surface area contributed by atoms with Crippen LogP contribution in [0.5, 0.6) is 0 Å². The average molecular weight is 329 g/mol. The molecule has 0 radical (unpaired) electrons. The highest BCUT2D eigenvalue weighted by molar-refractivity contribution is 6.05. The number of para-hydroxylation sites is 1. The molecule has 1 aromatic rings. The molecule has 2 amide bonds. The maximum atomic E-state index is 11.8. The van der Waals surface area contributed by atoms with Gasteiger partial charge in [0, 0.05) is 37.1 Å². The van der Waals surface area contributed by atoms with Crippen molar-refractivity contribution in [2.75, 3.05) is 5.32 Å². The summed E-state index contributed by atoms with van der Waals surface area (Å²) in [5, 5.41) is 6.78. The maximum absolute atomic E-state index is 11.8. The van der Waals surface area contributed by atoms with Crippen molar-refractivity contribution in [2.45, 2.75) is 46.0 Å². The van der Waals surface area contributed by atoms with Gasteiger partial charge in [-0.3, -0.25) is 14.4 Å². The largest absolute Gasteiger partial charge is 0.326 e. The molecule has 2 N–H and O–H groups in total. The van der Waals surface area contributed by atoms with Crippen molar-refractivity contribution in [2.24, 2.45) is 10.5 Å². The van der Waals surface area contributed by atoms with Gasteiger partial charge in [-0.05, 0) is 24.0 Å². The predicted molar refractivity (Wildman–Crippen MR) is 92.5 cm³/mol. The minimum Gasteiger partial charge on any atom is -0.326 e. The van der Waals surface area contributed by atoms with Gasteiger partial charge in [-0.1, -0.05) is 32.0 Å². The molecule has 1 aliphatic rings. The Hall–Kier alpha value is -2.50. The summed E-state index contributed by atoms with van der Waals surface area (Å²) in [7, 11) is 0. The van der Waals surface area contributed by atoms with Gasteiger partial charge in [0.2, 0.25) is 11.8 Å². The molecular weight excluding hydrogens is 306 g/mol. The molecule has 1 fully saturated rings. The molecule has 2 rings (SSSR count). The zero-order valence-corrected chi connectivity index (χ0v) is 14.1. The van der Waals surface area contributed by atoms with Crippen molar-refractivity contribution in [3.05, 3.63) is 30.3 Å². The lowest BCUT2D eigenvalue weighted by atomic mass is 9.76. The summed E-state index contributed by atoms with van der Waals surface area (Å²) in [6.45, 7) is 4.02. The number of ketones is 1. The molecule has 1 saturated carbocycles. The predicted octanol–water partition coefficient (Wildman–Crippen LogP) is 2.66. The quantitative estimate of drug-likeness (QED) is 0.814. The summed E-state index contributed by atoms with van der Waals surface area (Å²) in [5.74, 6) is -0.416. The average Bonchev–Trinajstić information content (AvgIpc) is 2.50. The van der Waals surface area contributed by atoms with Gasteiger partial charge in [-0.2, -0.15) is 5.10 Å². The molecule has 128 valence electrons. The molecule has 0 aromatic heterocycles. The first kappa shape index (κ1) is 17.8. The number of nitrogens with zero attached hydrogens (tertiary/aromatic N) is 1. The molecule has 0 saturated heterocycles. The first-order chi connectivity index (χ1) is 11.3. The number of carbonyl (C=O) groups excluding carboxylic acids is 3. The van der Waals surface area contributed by atoms with Gasteiger partial charge in [-0.25, -0.2) is 5.43 Å². The molecule has 0 aliphatic heterocycles. The fourth-order valence-corrected chi connectivity index (χ4v) is 2.75. The zero-order valence-electron chi connectivity index (χ0n) is 14.1. The monoisotopic (exact) mass is 329 g/mol. The summed E-state index contributed by atoms with van der Waals surface area (Å²) in [6.07, 6.45) is 1.65. The van der Waals surface area contributed by atoms with E-state index >= 15 is 0 Å². The summed E-state index contributed by atoms with van der Waals surface area (Å²) in [4.78, 5) is 35.3. The topological polar surface area (TPSA) is 87.6 Å². The minimum absolute atomic E-state index is 0.0484. The lowest BCUT2D eigenvalue weighted by Gasteiger charge is -2.28. The molecule has 24 heavy (non-hydrogen) atoms. The van der Waals surface area contributed by atoms with E-state index in [0.717, 1.165) is 0 Å². The second-order valence-corrected chi connectivity index (χ2v) is 6.86. The van der Waals surface area contributed by atoms with Crippen LogP contribution in [0.25, 0.3) is 0 Å². The van der Waals surface area contributed by atoms with Gasteiger partial charge in [0.1, 0.15) is 5.78 Å². The van der Waals surface area contributed by atoms with Crippen molar-refractivity contribution >= 4 is 29.0 Å². The van der Waals surface area contributed by atoms with Gasteiger partial charge in [0.25, 0.3) is 0 Å². The number of carbonyl (C=O) groups is 3. The van der Waals surface area contributed by atoms with E-state index in [2.05, 4.69) is 15.8 Å². The zero-order chi connectivity index (χ0) is 17.6. The van der Waals surface area contributed by atoms with Crippen LogP contribution in [0.2, 0.25) is 0 Å². The SMILES string of the molecule is CC1(C)CC(=O)C/C(=N/NC(=O)CCC(=O)Nc2ccccc2)C1. The van der Waals surface area contributed by atoms with Crippen LogP contribution >= 0.6 is 0 Å². The van der Waals surface area contributed by atoms with E-state index in [9.17, 15) is 14.4 Å². The first-order valence-corrected chi connectivity index (χ1v) is 8.05. The van der Waals surface area contributed by atoms with E-state index in [1.165, 1.54) is 0 Å². The third-order valence-corrected chi connectivity index (χ3v) is 3.73. The normalized spacial score (nSPS) is 18.2. The van der Waals surface area contributed by atoms with Crippen molar-refractivity contribution in [3.63, 3.8) is 0 Å². The van der Waals surface area contributed by atoms with Crippen LogP contribution in [-0.2, 0) is 14.4 Å². The molecule has 1 aliphatic carbocycles. The molecule has 0 spiro atoms. The van der Waals surface area contributed by atoms with Crippen LogP contribution in [-0.4, -0.2) is 23.3 Å². The number of amides is 2. The molecule has 6 nitrogen and oxygen atoms in total. The molecule has 6 heteroatoms. The summed E-state index contributed by atoms with van der Waals surface area (Å²) >= 11 is 0. The van der Waals surface area contributed by atoms with Crippen molar-refractivity contribution in [1.29, 1.82) is 0 Å². The maximum Gasteiger partial charge on any atom is 0.240 e. The number of hydrogen-bond acceptors (Lipinski definition) is 4. The highest BCUT2D eigenvalue weighted by Gasteiger charge is 2.30. The van der Waals surface area contributed by atoms with Crippen LogP contribution in [0.4, 0.5) is 5.69 Å². The molecule has 0 bridgehead atoms. The van der Waals surface area contributed by atoms with Gasteiger partial charge >= 0.3 is 0 Å². The van der Waals surface area contributed by atoms with E-state index in [4.69, 9.17) is 0 Å². The number of rotatable bonds is 5. The van der Waals surface area contributed by atoms with Crippen molar-refractivity contribution in [1.82, 2.24) is 5.43 Å². The van der Waals surface area contributed by atoms with Crippen molar-refractivity contribution < 1.29 is 14.4 Å². The highest BCUT2D eigenvalue weighted by atomic mass is 16.2. The molecule has 1 aromatic carbocycles. The van der Waals surface area contributed by atoms with Gasteiger partial charge < -0.3 is 5.32 Å². The fraction of sp³-hybridized carbons (Fsp3) is 0.444. The van der Waals surface area contributed by atoms with E-state index in [-0.39, 0.29) is 42.3 Å². The summed E-state index contributed by atoms with van der Waals surface area (Å²) in [5.41, 5.74) is 3.72. The Balaban J connectivity index is 1.76. The first-order valence-electron chi connectivity index (χ1n) is 8.05. The third-order valence-electron chi connectivity index (χ3n) is 3.73. The Morgan fingerprint density at radius 3 is 2.42 bits per heavy atom. The second kappa shape index (κ2) is 7.86. The molecule has 0 atom stereocenters. The smallest absolute Gasteiger partial charge is 0.240 e. The fourth-order valence-electron chi connectivity index (χ4n) is 2.75. The van der Waals surface area contributed by atoms with Gasteiger partial charge in [0.05, 0.1) is 0 Å². The molecule has 0 heterocycles. The van der Waals surface area contributed by atoms with Crippen LogP contribution in [0, 0.1) is 5.41 Å². The Morgan fingerprint density at radius 2 is 1.75 bits per heavy atom. The van der Waals surface area contributed by atoms with Crippen LogP contribution < -0.4 is 10.7 Å². The number of benzene rings is 1. The lowest BCUT2D eigenvalue weighted by Crippen LogP contribution is -2.31. The number of anilines is 1. The Bertz CT molecular complexity index is 651. The molecule has 0 unspecified atom stereocenters. The third kappa shape index (κ3) is 5.95. The van der Waals surface area contributed by atoms with Crippen LogP contribution in [0.15, 0.2) is 35.4 Å². The minimum atomic E-state index is -0.332. The lowest BCUT2D eigenvalue weighted by molar-refractivity contribution is -0.124. The van der Waals surface area contributed by atoms with E-state index in [1.54, 1.807) is 12.1 Å². The Kier molecular flexibility index (Phi) is 5.84. The number of hydrogen-bond donors (Lipinski definition) is 2. The van der Waals surface area contributed by atoms with Gasteiger partial charge in [-0.15, -0.1) is 0 Å². The second-order valence-electron chi connectivity index (χ2n) is 6.86. The Morgan fingerprint density at radius 1 is 1.08 bits per heavy atom. The van der Waals surface area contributed by atoms with Crippen molar-refractivity contribution in [3.8, 4) is 0 Å². The van der Waals surface area contributed by atoms with Crippen LogP contribution in [0.1, 0.15) is 46.0 Å². The van der Waals surface area contributed by atoms with E-state index < -0.39 is 0 Å². The summed E-state index contributed by atoms with van der Waals surface area (Å²) in [6, 6.07) is 9.08. The number of Topliss-reactive ketones (excluding diaryl/α,β-unsaturated/α-hetero) is 1. The Labute approximate surface area is 141 Å². The number of nitrogens with one attached hydrogen (secondary N) is 2. The summed E-state index contributed by atoms with van der Waals surface area (Å²) < 4.78 is 0. The highest BCUT2D eigenvalue weighted by Crippen LogP contribution is 2.31. The van der Waals surface area contributed by atoms with Crippen LogP contribution in [0.3, 0.4) is 0 Å². The number of hydrazone groups is 1. The standard InChI is InChI=1S/C18H23N3O3/c1-18(2)11-14(10-15(22)12-18)20-21-17(24)9-8-16(23)19-13-6-4-3-5-7-13/h3-7H,8-12H2,1-2H3,(H,19,23)(H,21,24)/b20-14-. The molecular formula is C18H23N3O3.